The standard InChI is InChI=1S/C23H20Cl2FN5O2S/c1-2-32-20-10-14(9-19(25)21(20)33-13-16-3-4-17(26)11-18(16)24)12-28-31-22(29-30-23(31)34)15-5-7-27-8-6-15/h3-11,28H,2,12-13H2,1H3,(H,30,34). The lowest BCUT2D eigenvalue weighted by molar-refractivity contribution is 0.269. The van der Waals surface area contributed by atoms with Gasteiger partial charge in [-0.2, -0.15) is 5.10 Å². The Balaban J connectivity index is 1.54. The minimum Gasteiger partial charge on any atom is -0.490 e. The Hall–Kier alpha value is -3.14. The number of halogens is 3. The summed E-state index contributed by atoms with van der Waals surface area (Å²) in [6, 6.07) is 11.4. The highest BCUT2D eigenvalue weighted by molar-refractivity contribution is 7.71. The number of ether oxygens (including phenoxy) is 2. The summed E-state index contributed by atoms with van der Waals surface area (Å²) < 4.78 is 27.1. The number of nitrogens with one attached hydrogen (secondary N) is 2. The number of hydrogen-bond donors (Lipinski definition) is 2. The van der Waals surface area contributed by atoms with Gasteiger partial charge in [0.1, 0.15) is 12.4 Å². The SMILES string of the molecule is CCOc1cc(CNn2c(-c3ccncc3)n[nH]c2=S)cc(Cl)c1OCc1ccc(F)cc1Cl. The molecule has 4 rings (SSSR count). The molecule has 2 aromatic carbocycles. The van der Waals surface area contributed by atoms with Crippen LogP contribution in [0.2, 0.25) is 10.0 Å². The molecule has 11 heteroatoms. The van der Waals surface area contributed by atoms with Crippen LogP contribution in [-0.2, 0) is 13.2 Å². The van der Waals surface area contributed by atoms with E-state index in [-0.39, 0.29) is 11.6 Å². The second-order valence-electron chi connectivity index (χ2n) is 7.12. The number of rotatable bonds is 9. The van der Waals surface area contributed by atoms with E-state index in [0.717, 1.165) is 11.1 Å². The minimum absolute atomic E-state index is 0.107. The topological polar surface area (TPSA) is 77.0 Å². The van der Waals surface area contributed by atoms with Gasteiger partial charge in [-0.3, -0.25) is 4.98 Å². The molecule has 2 heterocycles. The molecule has 2 N–H and O–H groups in total. The molecule has 0 bridgehead atoms. The lowest BCUT2D eigenvalue weighted by Gasteiger charge is -2.17. The van der Waals surface area contributed by atoms with Crippen molar-refractivity contribution >= 4 is 35.4 Å². The van der Waals surface area contributed by atoms with Crippen molar-refractivity contribution < 1.29 is 13.9 Å². The lowest BCUT2D eigenvalue weighted by atomic mass is 10.2. The number of benzene rings is 2. The van der Waals surface area contributed by atoms with Gasteiger partial charge < -0.3 is 14.9 Å². The van der Waals surface area contributed by atoms with E-state index in [9.17, 15) is 4.39 Å². The summed E-state index contributed by atoms with van der Waals surface area (Å²) in [5.41, 5.74) is 5.57. The second kappa shape index (κ2) is 10.9. The van der Waals surface area contributed by atoms with E-state index >= 15 is 0 Å². The van der Waals surface area contributed by atoms with Crippen LogP contribution in [0.15, 0.2) is 54.9 Å². The number of aromatic nitrogens is 4. The molecule has 176 valence electrons. The van der Waals surface area contributed by atoms with Crippen LogP contribution in [0, 0.1) is 10.6 Å². The molecule has 0 radical (unpaired) electrons. The van der Waals surface area contributed by atoms with E-state index in [1.165, 1.54) is 12.1 Å². The lowest BCUT2D eigenvalue weighted by Crippen LogP contribution is -2.16. The number of H-pyrrole nitrogens is 1. The van der Waals surface area contributed by atoms with E-state index in [0.29, 0.717) is 45.8 Å². The van der Waals surface area contributed by atoms with E-state index < -0.39 is 5.82 Å². The summed E-state index contributed by atoms with van der Waals surface area (Å²) in [5.74, 6) is 1.07. The number of aromatic amines is 1. The first-order valence-corrected chi connectivity index (χ1v) is 11.5. The van der Waals surface area contributed by atoms with Gasteiger partial charge in [0.2, 0.25) is 4.77 Å². The van der Waals surface area contributed by atoms with Gasteiger partial charge in [0.05, 0.1) is 23.2 Å². The molecule has 0 aliphatic carbocycles. The molecule has 0 unspecified atom stereocenters. The summed E-state index contributed by atoms with van der Waals surface area (Å²) in [6.45, 7) is 2.77. The highest BCUT2D eigenvalue weighted by atomic mass is 35.5. The molecule has 0 aliphatic rings. The van der Waals surface area contributed by atoms with E-state index in [2.05, 4.69) is 20.6 Å². The van der Waals surface area contributed by atoms with Crippen LogP contribution in [0.3, 0.4) is 0 Å². The largest absolute Gasteiger partial charge is 0.490 e. The molecule has 34 heavy (non-hydrogen) atoms. The second-order valence-corrected chi connectivity index (χ2v) is 8.32. The fourth-order valence-corrected chi connectivity index (χ4v) is 3.93. The minimum atomic E-state index is -0.413. The molecule has 0 atom stereocenters. The first-order chi connectivity index (χ1) is 16.5. The normalized spacial score (nSPS) is 10.8. The van der Waals surface area contributed by atoms with Crippen LogP contribution in [0.25, 0.3) is 11.4 Å². The first-order valence-electron chi connectivity index (χ1n) is 10.3. The zero-order chi connectivity index (χ0) is 24.1. The summed E-state index contributed by atoms with van der Waals surface area (Å²) >= 11 is 18.0. The Morgan fingerprint density at radius 1 is 1.09 bits per heavy atom. The zero-order valence-corrected chi connectivity index (χ0v) is 20.3. The maximum Gasteiger partial charge on any atom is 0.214 e. The van der Waals surface area contributed by atoms with Gasteiger partial charge in [0.15, 0.2) is 17.3 Å². The molecule has 0 saturated carbocycles. The molecular weight excluding hydrogens is 500 g/mol. The van der Waals surface area contributed by atoms with Gasteiger partial charge in [-0.25, -0.2) is 14.2 Å². The third-order valence-electron chi connectivity index (χ3n) is 4.81. The van der Waals surface area contributed by atoms with Crippen molar-refractivity contribution in [3.8, 4) is 22.9 Å². The van der Waals surface area contributed by atoms with E-state index in [1.807, 2.05) is 25.1 Å². The maximum absolute atomic E-state index is 13.3. The predicted octanol–water partition coefficient (Wildman–Crippen LogP) is 6.17. The zero-order valence-electron chi connectivity index (χ0n) is 18.0. The van der Waals surface area contributed by atoms with Gasteiger partial charge in [-0.15, -0.1) is 0 Å². The molecule has 4 aromatic rings. The first kappa shape index (κ1) is 24.0. The quantitative estimate of drug-likeness (QED) is 0.257. The molecule has 0 spiro atoms. The number of pyridine rings is 1. The number of nitrogens with zero attached hydrogens (tertiary/aromatic N) is 3. The average molecular weight is 520 g/mol. The Kier molecular flexibility index (Phi) is 7.66. The van der Waals surface area contributed by atoms with Crippen molar-refractivity contribution in [1.82, 2.24) is 19.9 Å². The van der Waals surface area contributed by atoms with Gasteiger partial charge in [0, 0.05) is 23.5 Å². The maximum atomic E-state index is 13.3. The Bertz CT molecular complexity index is 1350. The van der Waals surface area contributed by atoms with Gasteiger partial charge in [-0.1, -0.05) is 29.3 Å². The van der Waals surface area contributed by atoms with Gasteiger partial charge >= 0.3 is 0 Å². The summed E-state index contributed by atoms with van der Waals surface area (Å²) in [4.78, 5) is 4.03. The smallest absolute Gasteiger partial charge is 0.214 e. The van der Waals surface area contributed by atoms with Crippen molar-refractivity contribution in [2.24, 2.45) is 0 Å². The van der Waals surface area contributed by atoms with Crippen LogP contribution in [0.5, 0.6) is 11.5 Å². The van der Waals surface area contributed by atoms with Gasteiger partial charge in [-0.05, 0) is 61.1 Å². The Morgan fingerprint density at radius 2 is 1.88 bits per heavy atom. The average Bonchev–Trinajstić information content (AvgIpc) is 3.19. The van der Waals surface area contributed by atoms with Crippen LogP contribution in [0.4, 0.5) is 4.39 Å². The van der Waals surface area contributed by atoms with Crippen LogP contribution >= 0.6 is 35.4 Å². The molecule has 0 saturated heterocycles. The third kappa shape index (κ3) is 5.49. The van der Waals surface area contributed by atoms with E-state index in [4.69, 9.17) is 44.9 Å². The fourth-order valence-electron chi connectivity index (χ4n) is 3.22. The van der Waals surface area contributed by atoms with Crippen molar-refractivity contribution in [2.45, 2.75) is 20.1 Å². The number of hydrogen-bond acceptors (Lipinski definition) is 6. The van der Waals surface area contributed by atoms with Crippen molar-refractivity contribution in [3.63, 3.8) is 0 Å². The molecule has 0 aliphatic heterocycles. The predicted molar refractivity (Wildman–Crippen MR) is 132 cm³/mol. The van der Waals surface area contributed by atoms with E-state index in [1.54, 1.807) is 29.2 Å². The Morgan fingerprint density at radius 3 is 2.62 bits per heavy atom. The van der Waals surface area contributed by atoms with Gasteiger partial charge in [0.25, 0.3) is 0 Å². The van der Waals surface area contributed by atoms with Crippen LogP contribution in [0.1, 0.15) is 18.1 Å². The molecular formula is C23H20Cl2FN5O2S. The summed E-state index contributed by atoms with van der Waals surface area (Å²) in [7, 11) is 0. The van der Waals surface area contributed by atoms with Crippen molar-refractivity contribution in [2.75, 3.05) is 12.0 Å². The fraction of sp³-hybridized carbons (Fsp3) is 0.174. The highest BCUT2D eigenvalue weighted by Gasteiger charge is 2.15. The third-order valence-corrected chi connectivity index (χ3v) is 5.71. The van der Waals surface area contributed by atoms with Crippen LogP contribution < -0.4 is 14.9 Å². The monoisotopic (exact) mass is 519 g/mol. The molecule has 0 amide bonds. The van der Waals surface area contributed by atoms with Crippen molar-refractivity contribution in [3.05, 3.63) is 86.6 Å². The Labute approximate surface area is 210 Å². The molecule has 7 nitrogen and oxygen atoms in total. The van der Waals surface area contributed by atoms with Crippen LogP contribution in [-0.4, -0.2) is 26.5 Å². The molecule has 0 fully saturated rings. The molecule has 2 aromatic heterocycles. The summed E-state index contributed by atoms with van der Waals surface area (Å²) in [6.07, 6.45) is 3.37. The summed E-state index contributed by atoms with van der Waals surface area (Å²) in [5, 5.41) is 7.73. The highest BCUT2D eigenvalue weighted by Crippen LogP contribution is 2.37. The van der Waals surface area contributed by atoms with Crippen molar-refractivity contribution in [1.29, 1.82) is 0 Å².